The summed E-state index contributed by atoms with van der Waals surface area (Å²) in [5.41, 5.74) is 0.280. The van der Waals surface area contributed by atoms with Gasteiger partial charge in [0.25, 0.3) is 0 Å². The summed E-state index contributed by atoms with van der Waals surface area (Å²) in [7, 11) is 0. The average molecular weight is 235 g/mol. The predicted octanol–water partition coefficient (Wildman–Crippen LogP) is 2.60. The van der Waals surface area contributed by atoms with E-state index in [1.54, 1.807) is 0 Å². The second-order valence-electron chi connectivity index (χ2n) is 2.24. The predicted molar refractivity (Wildman–Crippen MR) is 44.1 cm³/mol. The zero-order valence-electron chi connectivity index (χ0n) is 5.93. The number of benzene rings is 1. The summed E-state index contributed by atoms with van der Waals surface area (Å²) >= 11 is 2.95. The molecule has 1 aromatic rings. The number of hydrogen-bond acceptors (Lipinski definition) is 1. The van der Waals surface area contributed by atoms with Crippen molar-refractivity contribution in [1.29, 1.82) is 0 Å². The molecule has 1 nitrogen and oxygen atoms in total. The summed E-state index contributed by atoms with van der Waals surface area (Å²) in [6, 6.07) is 2.97. The first kappa shape index (κ1) is 9.32. The highest BCUT2D eigenvalue weighted by molar-refractivity contribution is 9.09. The molecule has 64 valence electrons. The van der Waals surface area contributed by atoms with Gasteiger partial charge in [0.1, 0.15) is 17.9 Å². The molecule has 0 aliphatic heterocycles. The fraction of sp³-hybridized carbons (Fsp3) is 0.125. The molecule has 12 heavy (non-hydrogen) atoms. The van der Waals surface area contributed by atoms with E-state index in [4.69, 9.17) is 0 Å². The maximum atomic E-state index is 12.5. The number of carbonyl (C=O) groups excluding carboxylic acids is 1. The van der Waals surface area contributed by atoms with Gasteiger partial charge in [-0.25, -0.2) is 8.78 Å². The Morgan fingerprint density at radius 3 is 2.17 bits per heavy atom. The van der Waals surface area contributed by atoms with Crippen LogP contribution >= 0.6 is 15.9 Å². The lowest BCUT2D eigenvalue weighted by atomic mass is 10.1. The second-order valence-corrected chi connectivity index (χ2v) is 3.23. The van der Waals surface area contributed by atoms with Crippen molar-refractivity contribution in [2.45, 2.75) is 4.83 Å². The van der Waals surface area contributed by atoms with Crippen LogP contribution in [0.25, 0.3) is 0 Å². The van der Waals surface area contributed by atoms with Crippen LogP contribution < -0.4 is 0 Å². The fourth-order valence-corrected chi connectivity index (χ4v) is 1.08. The molecule has 0 saturated heterocycles. The highest BCUT2D eigenvalue weighted by Gasteiger charge is 2.08. The standard InChI is InChI=1S/C8H5BrF2O/c9-8(4-12)5-1-6(10)3-7(11)2-5/h1-4,8H/t8-/m1/s1. The van der Waals surface area contributed by atoms with Gasteiger partial charge in [0, 0.05) is 6.07 Å². The maximum absolute atomic E-state index is 12.5. The molecule has 0 spiro atoms. The number of rotatable bonds is 2. The van der Waals surface area contributed by atoms with Crippen LogP contribution in [-0.4, -0.2) is 6.29 Å². The number of halogens is 3. The zero-order chi connectivity index (χ0) is 9.14. The van der Waals surface area contributed by atoms with Crippen LogP contribution in [0.4, 0.5) is 8.78 Å². The summed E-state index contributed by atoms with van der Waals surface area (Å²) in [6.07, 6.45) is 0.564. The van der Waals surface area contributed by atoms with E-state index in [-0.39, 0.29) is 5.56 Å². The summed E-state index contributed by atoms with van der Waals surface area (Å²) in [6.45, 7) is 0. The van der Waals surface area contributed by atoms with Crippen LogP contribution in [0.15, 0.2) is 18.2 Å². The topological polar surface area (TPSA) is 17.1 Å². The maximum Gasteiger partial charge on any atom is 0.138 e. The lowest BCUT2D eigenvalue weighted by molar-refractivity contribution is -0.107. The van der Waals surface area contributed by atoms with Gasteiger partial charge in [-0.15, -0.1) is 0 Å². The third-order valence-electron chi connectivity index (χ3n) is 1.32. The molecule has 0 heterocycles. The van der Waals surface area contributed by atoms with Crippen molar-refractivity contribution in [2.24, 2.45) is 0 Å². The molecule has 1 rings (SSSR count). The van der Waals surface area contributed by atoms with Crippen molar-refractivity contribution in [1.82, 2.24) is 0 Å². The number of alkyl halides is 1. The first-order chi connectivity index (χ1) is 5.63. The van der Waals surface area contributed by atoms with Crippen molar-refractivity contribution in [3.8, 4) is 0 Å². The molecule has 0 aromatic heterocycles. The first-order valence-electron chi connectivity index (χ1n) is 3.19. The Bertz CT molecular complexity index is 281. The zero-order valence-corrected chi connectivity index (χ0v) is 7.51. The Labute approximate surface area is 76.5 Å². The van der Waals surface area contributed by atoms with Gasteiger partial charge in [-0.05, 0) is 17.7 Å². The quantitative estimate of drug-likeness (QED) is 0.568. The Hall–Kier alpha value is -0.770. The number of hydrogen-bond donors (Lipinski definition) is 0. The van der Waals surface area contributed by atoms with E-state index in [9.17, 15) is 13.6 Å². The third-order valence-corrected chi connectivity index (χ3v) is 2.07. The van der Waals surface area contributed by atoms with Gasteiger partial charge in [0.2, 0.25) is 0 Å². The minimum absolute atomic E-state index is 0.280. The number of aldehydes is 1. The summed E-state index contributed by atoms with van der Waals surface area (Å²) < 4.78 is 25.1. The fourth-order valence-electron chi connectivity index (χ4n) is 0.813. The summed E-state index contributed by atoms with van der Waals surface area (Å²) in [5, 5.41) is 0. The molecule has 0 radical (unpaired) electrons. The molecule has 0 bridgehead atoms. The summed E-state index contributed by atoms with van der Waals surface area (Å²) in [4.78, 5) is 9.59. The average Bonchev–Trinajstić information content (AvgIpc) is 2.01. The van der Waals surface area contributed by atoms with Crippen LogP contribution in [0.1, 0.15) is 10.4 Å². The van der Waals surface area contributed by atoms with Crippen molar-refractivity contribution in [3.63, 3.8) is 0 Å². The molecule has 0 aliphatic rings. The van der Waals surface area contributed by atoms with E-state index in [0.29, 0.717) is 6.29 Å². The van der Waals surface area contributed by atoms with Gasteiger partial charge < -0.3 is 4.79 Å². The van der Waals surface area contributed by atoms with Crippen molar-refractivity contribution in [2.75, 3.05) is 0 Å². The molecular weight excluding hydrogens is 230 g/mol. The highest BCUT2D eigenvalue weighted by atomic mass is 79.9. The molecule has 1 aromatic carbocycles. The Morgan fingerprint density at radius 1 is 1.25 bits per heavy atom. The third kappa shape index (κ3) is 2.11. The molecule has 0 fully saturated rings. The molecule has 0 saturated carbocycles. The molecule has 0 N–H and O–H groups in total. The van der Waals surface area contributed by atoms with Gasteiger partial charge in [0.05, 0.1) is 4.83 Å². The number of carbonyl (C=O) groups is 1. The molecule has 0 aliphatic carbocycles. The van der Waals surface area contributed by atoms with E-state index >= 15 is 0 Å². The van der Waals surface area contributed by atoms with Gasteiger partial charge >= 0.3 is 0 Å². The van der Waals surface area contributed by atoms with E-state index in [1.165, 1.54) is 0 Å². The van der Waals surface area contributed by atoms with Crippen LogP contribution in [0.3, 0.4) is 0 Å². The smallest absolute Gasteiger partial charge is 0.138 e. The monoisotopic (exact) mass is 234 g/mol. The molecule has 4 heteroatoms. The molecular formula is C8H5BrF2O. The minimum atomic E-state index is -0.684. The van der Waals surface area contributed by atoms with E-state index < -0.39 is 16.5 Å². The van der Waals surface area contributed by atoms with Crippen LogP contribution in [0.2, 0.25) is 0 Å². The Balaban J connectivity index is 3.08. The normalized spacial score (nSPS) is 12.6. The van der Waals surface area contributed by atoms with Crippen molar-refractivity contribution in [3.05, 3.63) is 35.4 Å². The lowest BCUT2D eigenvalue weighted by Crippen LogP contribution is -1.93. The van der Waals surface area contributed by atoms with Crippen molar-refractivity contribution >= 4 is 22.2 Å². The Kier molecular flexibility index (Phi) is 2.92. The largest absolute Gasteiger partial charge is 0.302 e. The Morgan fingerprint density at radius 2 is 1.75 bits per heavy atom. The molecule has 0 amide bonds. The first-order valence-corrected chi connectivity index (χ1v) is 4.10. The van der Waals surface area contributed by atoms with Gasteiger partial charge in [-0.1, -0.05) is 15.9 Å². The van der Waals surface area contributed by atoms with E-state index in [2.05, 4.69) is 15.9 Å². The van der Waals surface area contributed by atoms with Gasteiger partial charge in [-0.3, -0.25) is 0 Å². The molecule has 0 unspecified atom stereocenters. The molecule has 1 atom stereocenters. The minimum Gasteiger partial charge on any atom is -0.302 e. The van der Waals surface area contributed by atoms with E-state index in [1.807, 2.05) is 0 Å². The van der Waals surface area contributed by atoms with Gasteiger partial charge in [0.15, 0.2) is 0 Å². The SMILES string of the molecule is O=C[C@@H](Br)c1cc(F)cc(F)c1. The van der Waals surface area contributed by atoms with Crippen LogP contribution in [0, 0.1) is 11.6 Å². The van der Waals surface area contributed by atoms with E-state index in [0.717, 1.165) is 18.2 Å². The van der Waals surface area contributed by atoms with Crippen LogP contribution in [0.5, 0.6) is 0 Å². The second kappa shape index (κ2) is 3.76. The highest BCUT2D eigenvalue weighted by Crippen LogP contribution is 2.21. The van der Waals surface area contributed by atoms with Crippen LogP contribution in [-0.2, 0) is 4.79 Å². The van der Waals surface area contributed by atoms with Crippen molar-refractivity contribution < 1.29 is 13.6 Å². The van der Waals surface area contributed by atoms with Gasteiger partial charge in [-0.2, -0.15) is 0 Å². The summed E-state index contributed by atoms with van der Waals surface area (Å²) in [5.74, 6) is -1.37. The lowest BCUT2D eigenvalue weighted by Gasteiger charge is -2.01.